The molecular formula is C69H127NO8. The standard InChI is InChI=1S/C69H127NO8/c1-6-8-10-12-14-16-18-20-21-22-23-24-25-26-27-28-29-30-31-32-33-34-35-36-37-38-39-40-41-42-43-44-45-46-48-49-51-53-55-57-59-66(71)76-63-65(64-77-69(68(73)74)75-62-61-70(3,4)5)78-67(72)60-58-56-54-52-50-47-19-17-15-13-11-9-7-2/h9,11,15,17,47,50,54,56,65,69H,6-8,10,12-14,16,18-46,48-49,51-53,55,57-64H2,1-5H3/b11-9-,17-15-,50-47-,56-54-. The minimum absolute atomic E-state index is 0.127. The van der Waals surface area contributed by atoms with Gasteiger partial charge in [0.2, 0.25) is 0 Å². The first-order valence-corrected chi connectivity index (χ1v) is 33.3. The minimum atomic E-state index is -1.64. The van der Waals surface area contributed by atoms with Gasteiger partial charge in [-0.3, -0.25) is 9.59 Å². The third kappa shape index (κ3) is 60.9. The van der Waals surface area contributed by atoms with Gasteiger partial charge in [0, 0.05) is 12.8 Å². The molecule has 0 aromatic heterocycles. The number of likely N-dealkylation sites (N-methyl/N-ethyl adjacent to an activating group) is 1. The van der Waals surface area contributed by atoms with E-state index >= 15 is 0 Å². The third-order valence-electron chi connectivity index (χ3n) is 14.9. The molecular weight excluding hydrogens is 971 g/mol. The van der Waals surface area contributed by atoms with Crippen molar-refractivity contribution in [3.8, 4) is 0 Å². The van der Waals surface area contributed by atoms with Crippen LogP contribution in [0.3, 0.4) is 0 Å². The maximum absolute atomic E-state index is 12.8. The van der Waals surface area contributed by atoms with Crippen molar-refractivity contribution in [2.45, 2.75) is 328 Å². The SMILES string of the molecule is CC/C=C\C/C=C\C/C=C\C/C=C\CCC(=O)OC(COC(=O)CCCCCCCCCCCCCCCCCCCCCCCCCCCCCCCCCCCCCCCCCC)COC(OCC[N+](C)(C)C)C(=O)[O-]. The topological polar surface area (TPSA) is 111 Å². The highest BCUT2D eigenvalue weighted by Gasteiger charge is 2.22. The van der Waals surface area contributed by atoms with Crippen LogP contribution in [-0.2, 0) is 33.3 Å². The van der Waals surface area contributed by atoms with Gasteiger partial charge in [-0.1, -0.05) is 313 Å². The van der Waals surface area contributed by atoms with Gasteiger partial charge in [0.1, 0.15) is 13.2 Å². The Bertz CT molecular complexity index is 1420. The fourth-order valence-corrected chi connectivity index (χ4v) is 9.79. The van der Waals surface area contributed by atoms with Crippen LogP contribution in [0.25, 0.3) is 0 Å². The van der Waals surface area contributed by atoms with Gasteiger partial charge in [-0.15, -0.1) is 0 Å². The first-order chi connectivity index (χ1) is 38.1. The molecule has 0 heterocycles. The van der Waals surface area contributed by atoms with Crippen molar-refractivity contribution < 1.29 is 42.9 Å². The van der Waals surface area contributed by atoms with Crippen LogP contribution in [0.5, 0.6) is 0 Å². The van der Waals surface area contributed by atoms with Crippen molar-refractivity contribution in [3.63, 3.8) is 0 Å². The minimum Gasteiger partial charge on any atom is -0.545 e. The second kappa shape index (κ2) is 60.3. The summed E-state index contributed by atoms with van der Waals surface area (Å²) in [4.78, 5) is 37.2. The number of allylic oxidation sites excluding steroid dienone is 8. The lowest BCUT2D eigenvalue weighted by molar-refractivity contribution is -0.870. The summed E-state index contributed by atoms with van der Waals surface area (Å²) in [6, 6.07) is 0. The van der Waals surface area contributed by atoms with E-state index in [0.717, 1.165) is 44.9 Å². The van der Waals surface area contributed by atoms with Gasteiger partial charge in [0.15, 0.2) is 12.4 Å². The van der Waals surface area contributed by atoms with Crippen molar-refractivity contribution in [3.05, 3.63) is 48.6 Å². The number of unbranched alkanes of at least 4 members (excludes halogenated alkanes) is 39. The Labute approximate surface area is 482 Å². The highest BCUT2D eigenvalue weighted by atomic mass is 16.7. The Hall–Kier alpha value is -2.75. The first kappa shape index (κ1) is 75.2. The normalized spacial score (nSPS) is 13.0. The largest absolute Gasteiger partial charge is 0.545 e. The number of nitrogens with zero attached hydrogens (tertiary/aromatic N) is 1. The highest BCUT2D eigenvalue weighted by Crippen LogP contribution is 2.19. The van der Waals surface area contributed by atoms with Crippen LogP contribution in [0.2, 0.25) is 0 Å². The molecule has 78 heavy (non-hydrogen) atoms. The summed E-state index contributed by atoms with van der Waals surface area (Å²) in [5.74, 6) is -2.38. The Kier molecular flexibility index (Phi) is 58.2. The zero-order valence-electron chi connectivity index (χ0n) is 52.0. The molecule has 456 valence electrons. The summed E-state index contributed by atoms with van der Waals surface area (Å²) in [6.45, 7) is 4.58. The van der Waals surface area contributed by atoms with Crippen LogP contribution in [0.1, 0.15) is 316 Å². The van der Waals surface area contributed by atoms with Crippen LogP contribution in [-0.4, -0.2) is 82.3 Å². The van der Waals surface area contributed by atoms with Crippen molar-refractivity contribution in [1.29, 1.82) is 0 Å². The Morgan fingerprint density at radius 1 is 0.397 bits per heavy atom. The number of aliphatic carboxylic acids is 1. The van der Waals surface area contributed by atoms with Gasteiger partial charge in [-0.05, 0) is 38.5 Å². The Morgan fingerprint density at radius 2 is 0.731 bits per heavy atom. The summed E-state index contributed by atoms with van der Waals surface area (Å²) in [5, 5.41) is 11.7. The summed E-state index contributed by atoms with van der Waals surface area (Å²) >= 11 is 0. The van der Waals surface area contributed by atoms with E-state index < -0.39 is 24.3 Å². The zero-order chi connectivity index (χ0) is 56.9. The van der Waals surface area contributed by atoms with Gasteiger partial charge in [-0.25, -0.2) is 0 Å². The number of ether oxygens (including phenoxy) is 4. The summed E-state index contributed by atoms with van der Waals surface area (Å²) in [6.07, 6.45) is 74.1. The summed E-state index contributed by atoms with van der Waals surface area (Å²) in [5.41, 5.74) is 0. The third-order valence-corrected chi connectivity index (χ3v) is 14.9. The molecule has 0 radical (unpaired) electrons. The van der Waals surface area contributed by atoms with Gasteiger partial charge in [-0.2, -0.15) is 0 Å². The molecule has 0 spiro atoms. The lowest BCUT2D eigenvalue weighted by Gasteiger charge is -2.26. The molecule has 0 fully saturated rings. The number of hydrogen-bond donors (Lipinski definition) is 0. The molecule has 0 saturated heterocycles. The van der Waals surface area contributed by atoms with Crippen molar-refractivity contribution >= 4 is 17.9 Å². The van der Waals surface area contributed by atoms with Crippen molar-refractivity contribution in [2.75, 3.05) is 47.5 Å². The summed E-state index contributed by atoms with van der Waals surface area (Å²) in [7, 11) is 5.90. The van der Waals surface area contributed by atoms with E-state index in [2.05, 4.69) is 50.3 Å². The molecule has 0 bridgehead atoms. The maximum atomic E-state index is 12.8. The number of hydrogen-bond acceptors (Lipinski definition) is 8. The van der Waals surface area contributed by atoms with E-state index in [0.29, 0.717) is 17.4 Å². The number of carbonyl (C=O) groups excluding carboxylic acids is 3. The van der Waals surface area contributed by atoms with Gasteiger partial charge >= 0.3 is 11.9 Å². The molecule has 9 nitrogen and oxygen atoms in total. The number of carboxylic acid groups (broad SMARTS) is 1. The van der Waals surface area contributed by atoms with E-state index in [9.17, 15) is 19.5 Å². The second-order valence-electron chi connectivity index (χ2n) is 23.7. The Balaban J connectivity index is 3.88. The smallest absolute Gasteiger partial charge is 0.306 e. The monoisotopic (exact) mass is 1100 g/mol. The van der Waals surface area contributed by atoms with E-state index in [-0.39, 0.29) is 38.6 Å². The average molecular weight is 1100 g/mol. The molecule has 0 N–H and O–H groups in total. The molecule has 0 saturated carbocycles. The van der Waals surface area contributed by atoms with Gasteiger partial charge in [0.25, 0.3) is 0 Å². The van der Waals surface area contributed by atoms with Crippen LogP contribution in [0.4, 0.5) is 0 Å². The van der Waals surface area contributed by atoms with E-state index in [4.69, 9.17) is 18.9 Å². The number of quaternary nitrogens is 1. The molecule has 0 amide bonds. The van der Waals surface area contributed by atoms with Gasteiger partial charge < -0.3 is 33.3 Å². The second-order valence-corrected chi connectivity index (χ2v) is 23.7. The fraction of sp³-hybridized carbons (Fsp3) is 0.841. The summed E-state index contributed by atoms with van der Waals surface area (Å²) < 4.78 is 22.6. The molecule has 2 unspecified atom stereocenters. The number of carboxylic acids is 1. The van der Waals surface area contributed by atoms with E-state index in [1.165, 1.54) is 238 Å². The maximum Gasteiger partial charge on any atom is 0.306 e. The van der Waals surface area contributed by atoms with Crippen LogP contribution in [0.15, 0.2) is 48.6 Å². The van der Waals surface area contributed by atoms with Crippen LogP contribution >= 0.6 is 0 Å². The van der Waals surface area contributed by atoms with Crippen LogP contribution in [0, 0.1) is 0 Å². The number of carbonyl (C=O) groups is 3. The van der Waals surface area contributed by atoms with E-state index in [1.54, 1.807) is 0 Å². The highest BCUT2D eigenvalue weighted by molar-refractivity contribution is 5.70. The molecule has 0 aromatic rings. The molecule has 0 rings (SSSR count). The fourth-order valence-electron chi connectivity index (χ4n) is 9.79. The molecule has 0 aromatic carbocycles. The molecule has 0 aliphatic heterocycles. The van der Waals surface area contributed by atoms with E-state index in [1.807, 2.05) is 33.3 Å². The zero-order valence-corrected chi connectivity index (χ0v) is 52.0. The van der Waals surface area contributed by atoms with Crippen LogP contribution < -0.4 is 5.11 Å². The number of esters is 2. The first-order valence-electron chi connectivity index (χ1n) is 33.3. The predicted octanol–water partition coefficient (Wildman–Crippen LogP) is 18.9. The van der Waals surface area contributed by atoms with Gasteiger partial charge in [0.05, 0.1) is 40.3 Å². The molecule has 0 aliphatic carbocycles. The average Bonchev–Trinajstić information content (AvgIpc) is 3.41. The molecule has 2 atom stereocenters. The predicted molar refractivity (Wildman–Crippen MR) is 329 cm³/mol. The molecule has 9 heteroatoms. The quantitative estimate of drug-likeness (QED) is 0.0195. The van der Waals surface area contributed by atoms with Crippen molar-refractivity contribution in [1.82, 2.24) is 0 Å². The Morgan fingerprint density at radius 3 is 1.06 bits per heavy atom. The van der Waals surface area contributed by atoms with Crippen molar-refractivity contribution in [2.24, 2.45) is 0 Å². The molecule has 0 aliphatic rings. The lowest BCUT2D eigenvalue weighted by atomic mass is 10.0. The lowest BCUT2D eigenvalue weighted by Crippen LogP contribution is -2.44. The number of rotatable bonds is 62.